The fourth-order valence-electron chi connectivity index (χ4n) is 1.31. The van der Waals surface area contributed by atoms with E-state index in [1.807, 2.05) is 6.07 Å². The summed E-state index contributed by atoms with van der Waals surface area (Å²) in [7, 11) is 1.26. The second-order valence-electron chi connectivity index (χ2n) is 2.92. The molecule has 0 aliphatic rings. The first-order valence-corrected chi connectivity index (χ1v) is 4.23. The van der Waals surface area contributed by atoms with E-state index < -0.39 is 5.97 Å². The zero-order valence-electron chi connectivity index (χ0n) is 8.40. The van der Waals surface area contributed by atoms with Crippen molar-refractivity contribution in [2.45, 2.75) is 6.92 Å². The predicted molar refractivity (Wildman–Crippen MR) is 52.6 cm³/mol. The maximum atomic E-state index is 11.3. The fraction of sp³-hybridized carbons (Fsp3) is 0.182. The highest BCUT2D eigenvalue weighted by molar-refractivity contribution is 5.95. The normalized spacial score (nSPS) is 9.13. The highest BCUT2D eigenvalue weighted by Crippen LogP contribution is 2.17. The van der Waals surface area contributed by atoms with Gasteiger partial charge in [-0.25, -0.2) is 4.79 Å². The van der Waals surface area contributed by atoms with Gasteiger partial charge in [-0.15, -0.1) is 0 Å². The summed E-state index contributed by atoms with van der Waals surface area (Å²) in [5.74, 6) is -0.514. The Labute approximate surface area is 87.1 Å². The number of aldehydes is 1. The second kappa shape index (κ2) is 4.38. The van der Waals surface area contributed by atoms with Crippen molar-refractivity contribution < 1.29 is 14.3 Å². The van der Waals surface area contributed by atoms with Crippen LogP contribution in [0, 0.1) is 18.3 Å². The minimum absolute atomic E-state index is 0.236. The first kappa shape index (κ1) is 10.9. The molecule has 4 heteroatoms. The molecular weight excluding hydrogens is 194 g/mol. The van der Waals surface area contributed by atoms with Crippen molar-refractivity contribution in [3.8, 4) is 6.07 Å². The predicted octanol–water partition coefficient (Wildman–Crippen LogP) is 1.47. The first-order chi connectivity index (χ1) is 7.15. The van der Waals surface area contributed by atoms with Gasteiger partial charge in [-0.05, 0) is 24.6 Å². The molecule has 0 saturated heterocycles. The van der Waals surface area contributed by atoms with Crippen LogP contribution in [0.2, 0.25) is 0 Å². The van der Waals surface area contributed by atoms with Crippen molar-refractivity contribution in [2.24, 2.45) is 0 Å². The van der Waals surface area contributed by atoms with Crippen LogP contribution >= 0.6 is 0 Å². The van der Waals surface area contributed by atoms with Gasteiger partial charge in [0.25, 0.3) is 0 Å². The molecule has 0 heterocycles. The Morgan fingerprint density at radius 1 is 1.53 bits per heavy atom. The Morgan fingerprint density at radius 3 is 2.67 bits per heavy atom. The summed E-state index contributed by atoms with van der Waals surface area (Å²) in [5, 5.41) is 8.74. The smallest absolute Gasteiger partial charge is 0.338 e. The number of nitriles is 1. The summed E-state index contributed by atoms with van der Waals surface area (Å²) >= 11 is 0. The molecule has 1 aromatic rings. The number of nitrogens with zero attached hydrogens (tertiary/aromatic N) is 1. The third kappa shape index (κ3) is 1.86. The topological polar surface area (TPSA) is 67.2 Å². The number of carbonyl (C=O) groups is 2. The minimum Gasteiger partial charge on any atom is -0.465 e. The van der Waals surface area contributed by atoms with E-state index in [1.165, 1.54) is 19.2 Å². The Bertz CT molecular complexity index is 458. The van der Waals surface area contributed by atoms with Gasteiger partial charge in [0.1, 0.15) is 0 Å². The molecule has 0 aliphatic carbocycles. The molecule has 15 heavy (non-hydrogen) atoms. The number of rotatable bonds is 2. The maximum absolute atomic E-state index is 11.3. The highest BCUT2D eigenvalue weighted by Gasteiger charge is 2.14. The molecule has 0 saturated carbocycles. The lowest BCUT2D eigenvalue weighted by Crippen LogP contribution is -2.06. The van der Waals surface area contributed by atoms with E-state index in [9.17, 15) is 9.59 Å². The third-order valence-corrected chi connectivity index (χ3v) is 2.16. The molecule has 0 unspecified atom stereocenters. The van der Waals surface area contributed by atoms with Gasteiger partial charge in [0.05, 0.1) is 24.3 Å². The van der Waals surface area contributed by atoms with Gasteiger partial charge in [0.2, 0.25) is 0 Å². The van der Waals surface area contributed by atoms with Gasteiger partial charge in [0, 0.05) is 5.56 Å². The molecular formula is C11H9NO3. The number of hydrogen-bond acceptors (Lipinski definition) is 4. The van der Waals surface area contributed by atoms with Crippen molar-refractivity contribution in [2.75, 3.05) is 7.11 Å². The first-order valence-electron chi connectivity index (χ1n) is 4.23. The van der Waals surface area contributed by atoms with Crippen molar-refractivity contribution in [1.29, 1.82) is 5.26 Å². The molecule has 0 fully saturated rings. The lowest BCUT2D eigenvalue weighted by Gasteiger charge is -2.06. The van der Waals surface area contributed by atoms with E-state index in [0.717, 1.165) is 0 Å². The Morgan fingerprint density at radius 2 is 2.20 bits per heavy atom. The average molecular weight is 203 g/mol. The number of hydrogen-bond donors (Lipinski definition) is 0. The monoisotopic (exact) mass is 203 g/mol. The van der Waals surface area contributed by atoms with Crippen molar-refractivity contribution in [3.63, 3.8) is 0 Å². The molecule has 0 amide bonds. The molecule has 0 bridgehead atoms. The van der Waals surface area contributed by atoms with Crippen LogP contribution in [0.5, 0.6) is 0 Å². The SMILES string of the molecule is COC(=O)c1ccc(C#N)c(C=O)c1C. The van der Waals surface area contributed by atoms with E-state index >= 15 is 0 Å². The molecule has 0 aliphatic heterocycles. The number of benzene rings is 1. The van der Waals surface area contributed by atoms with Crippen LogP contribution in [0.4, 0.5) is 0 Å². The van der Waals surface area contributed by atoms with E-state index in [4.69, 9.17) is 5.26 Å². The van der Waals surface area contributed by atoms with Gasteiger partial charge in [-0.2, -0.15) is 5.26 Å². The molecule has 1 aromatic carbocycles. The van der Waals surface area contributed by atoms with Crippen LogP contribution < -0.4 is 0 Å². The number of esters is 1. The summed E-state index contributed by atoms with van der Waals surface area (Å²) in [6.45, 7) is 1.61. The van der Waals surface area contributed by atoms with Gasteiger partial charge in [-0.1, -0.05) is 0 Å². The van der Waals surface area contributed by atoms with Crippen molar-refractivity contribution in [3.05, 3.63) is 34.4 Å². The average Bonchev–Trinajstić information content (AvgIpc) is 2.27. The van der Waals surface area contributed by atoms with Crippen LogP contribution in [-0.4, -0.2) is 19.4 Å². The third-order valence-electron chi connectivity index (χ3n) is 2.16. The summed E-state index contributed by atoms with van der Waals surface area (Å²) < 4.78 is 4.55. The van der Waals surface area contributed by atoms with Crippen molar-refractivity contribution >= 4 is 12.3 Å². The molecule has 76 valence electrons. The van der Waals surface area contributed by atoms with Crippen LogP contribution in [0.1, 0.15) is 31.8 Å². The standard InChI is InChI=1S/C11H9NO3/c1-7-9(11(14)15-2)4-3-8(5-12)10(7)6-13/h3-4,6H,1-2H3. The number of carbonyl (C=O) groups excluding carboxylic acids is 2. The summed E-state index contributed by atoms with van der Waals surface area (Å²) in [5.41, 5.74) is 1.27. The zero-order chi connectivity index (χ0) is 11.4. The van der Waals surface area contributed by atoms with Crippen LogP contribution in [0.15, 0.2) is 12.1 Å². The van der Waals surface area contributed by atoms with E-state index in [-0.39, 0.29) is 11.1 Å². The number of methoxy groups -OCH3 is 1. The molecule has 0 spiro atoms. The molecule has 0 radical (unpaired) electrons. The van der Waals surface area contributed by atoms with Crippen LogP contribution in [0.3, 0.4) is 0 Å². The Kier molecular flexibility index (Phi) is 3.19. The van der Waals surface area contributed by atoms with E-state index in [0.29, 0.717) is 17.4 Å². The number of ether oxygens (including phenoxy) is 1. The van der Waals surface area contributed by atoms with Gasteiger partial charge in [-0.3, -0.25) is 4.79 Å². The highest BCUT2D eigenvalue weighted by atomic mass is 16.5. The van der Waals surface area contributed by atoms with Crippen LogP contribution in [0.25, 0.3) is 0 Å². The maximum Gasteiger partial charge on any atom is 0.338 e. The summed E-state index contributed by atoms with van der Waals surface area (Å²) in [6, 6.07) is 4.80. The van der Waals surface area contributed by atoms with Crippen molar-refractivity contribution in [1.82, 2.24) is 0 Å². The minimum atomic E-state index is -0.514. The quantitative estimate of drug-likeness (QED) is 0.539. The van der Waals surface area contributed by atoms with Gasteiger partial charge in [0.15, 0.2) is 6.29 Å². The molecule has 0 aromatic heterocycles. The molecule has 0 atom stereocenters. The van der Waals surface area contributed by atoms with Gasteiger partial charge >= 0.3 is 5.97 Å². The summed E-state index contributed by atoms with van der Waals surface area (Å²) in [4.78, 5) is 22.0. The van der Waals surface area contributed by atoms with E-state index in [1.54, 1.807) is 6.92 Å². The summed E-state index contributed by atoms with van der Waals surface area (Å²) in [6.07, 6.45) is 0.570. The fourth-order valence-corrected chi connectivity index (χ4v) is 1.31. The second-order valence-corrected chi connectivity index (χ2v) is 2.92. The molecule has 4 nitrogen and oxygen atoms in total. The van der Waals surface area contributed by atoms with E-state index in [2.05, 4.69) is 4.74 Å². The molecule has 0 N–H and O–H groups in total. The lowest BCUT2D eigenvalue weighted by molar-refractivity contribution is 0.0600. The van der Waals surface area contributed by atoms with Gasteiger partial charge < -0.3 is 4.74 Å². The molecule has 1 rings (SSSR count). The largest absolute Gasteiger partial charge is 0.465 e. The zero-order valence-corrected chi connectivity index (χ0v) is 8.40. The lowest BCUT2D eigenvalue weighted by atomic mass is 9.98. The Hall–Kier alpha value is -2.15. The Balaban J connectivity index is 3.43. The van der Waals surface area contributed by atoms with Crippen LogP contribution in [-0.2, 0) is 4.74 Å².